The number of amides is 1. The third kappa shape index (κ3) is 3.32. The van der Waals surface area contributed by atoms with Gasteiger partial charge in [0.15, 0.2) is 0 Å². The smallest absolute Gasteiger partial charge is 0.336 e. The fraction of sp³-hybridized carbons (Fsp3) is 0.0769. The van der Waals surface area contributed by atoms with Gasteiger partial charge in [-0.1, -0.05) is 6.07 Å². The number of anilines is 1. The van der Waals surface area contributed by atoms with Gasteiger partial charge in [0.05, 0.1) is 5.56 Å². The Kier molecular flexibility index (Phi) is 3.82. The van der Waals surface area contributed by atoms with E-state index in [2.05, 4.69) is 5.32 Å². The first kappa shape index (κ1) is 13.1. The number of nitrogens with one attached hydrogen (secondary N) is 1. The van der Waals surface area contributed by atoms with Crippen molar-refractivity contribution >= 4 is 28.9 Å². The topological polar surface area (TPSA) is 92.4 Å². The molecule has 0 bridgehead atoms. The molecule has 98 valence electrons. The number of carbonyl (C=O) groups excluding carboxylic acids is 1. The van der Waals surface area contributed by atoms with Gasteiger partial charge < -0.3 is 16.2 Å². The lowest BCUT2D eigenvalue weighted by Crippen LogP contribution is -2.11. The fourth-order valence-electron chi connectivity index (χ4n) is 1.56. The van der Waals surface area contributed by atoms with Crippen LogP contribution < -0.4 is 11.1 Å². The van der Waals surface area contributed by atoms with Crippen molar-refractivity contribution < 1.29 is 14.7 Å². The second kappa shape index (κ2) is 5.53. The highest BCUT2D eigenvalue weighted by molar-refractivity contribution is 7.10. The molecular formula is C13H12N2O3S. The second-order valence-corrected chi connectivity index (χ2v) is 4.90. The second-order valence-electron chi connectivity index (χ2n) is 3.91. The summed E-state index contributed by atoms with van der Waals surface area (Å²) < 4.78 is 0. The highest BCUT2D eigenvalue weighted by Gasteiger charge is 2.06. The number of nitrogens with two attached hydrogens (primary N) is 1. The molecule has 1 heterocycles. The minimum absolute atomic E-state index is 0.285. The molecule has 0 unspecified atom stereocenters. The van der Waals surface area contributed by atoms with Gasteiger partial charge >= 0.3 is 5.97 Å². The highest BCUT2D eigenvalue weighted by atomic mass is 32.1. The van der Waals surface area contributed by atoms with Crippen molar-refractivity contribution in [1.82, 2.24) is 0 Å². The third-order valence-electron chi connectivity index (χ3n) is 2.51. The maximum atomic E-state index is 11.0. The largest absolute Gasteiger partial charge is 0.478 e. The van der Waals surface area contributed by atoms with Gasteiger partial charge in [-0.25, -0.2) is 4.79 Å². The lowest BCUT2D eigenvalue weighted by Gasteiger charge is -2.05. The maximum Gasteiger partial charge on any atom is 0.336 e. The van der Waals surface area contributed by atoms with Gasteiger partial charge in [-0.3, -0.25) is 4.79 Å². The van der Waals surface area contributed by atoms with Crippen molar-refractivity contribution in [3.8, 4) is 0 Å². The number of carboxylic acids is 1. The predicted octanol–water partition coefficient (Wildman–Crippen LogP) is 2.16. The SMILES string of the molecule is NC(=O)c1cccc(NCc2cc(C(=O)O)cs2)c1. The van der Waals surface area contributed by atoms with Gasteiger partial charge in [-0.15, -0.1) is 11.3 Å². The molecule has 0 saturated carbocycles. The van der Waals surface area contributed by atoms with E-state index in [0.29, 0.717) is 12.1 Å². The lowest BCUT2D eigenvalue weighted by atomic mass is 10.2. The third-order valence-corrected chi connectivity index (χ3v) is 3.45. The van der Waals surface area contributed by atoms with E-state index in [1.165, 1.54) is 11.3 Å². The molecule has 5 nitrogen and oxygen atoms in total. The van der Waals surface area contributed by atoms with Crippen molar-refractivity contribution in [2.45, 2.75) is 6.54 Å². The minimum atomic E-state index is -0.932. The molecule has 2 rings (SSSR count). The summed E-state index contributed by atoms with van der Waals surface area (Å²) in [5, 5.41) is 13.5. The van der Waals surface area contributed by atoms with Gasteiger partial charge in [0.25, 0.3) is 0 Å². The normalized spacial score (nSPS) is 10.1. The maximum absolute atomic E-state index is 11.0. The molecule has 2 aromatic rings. The zero-order valence-corrected chi connectivity index (χ0v) is 10.7. The molecule has 0 fully saturated rings. The Morgan fingerprint density at radius 2 is 2.05 bits per heavy atom. The molecule has 0 aliphatic heterocycles. The van der Waals surface area contributed by atoms with E-state index in [9.17, 15) is 9.59 Å². The van der Waals surface area contributed by atoms with Crippen LogP contribution in [0.15, 0.2) is 35.7 Å². The van der Waals surface area contributed by atoms with Gasteiger partial charge in [-0.05, 0) is 24.3 Å². The Morgan fingerprint density at radius 1 is 1.26 bits per heavy atom. The number of thiophene rings is 1. The number of rotatable bonds is 5. The molecule has 0 spiro atoms. The van der Waals surface area contributed by atoms with E-state index in [4.69, 9.17) is 10.8 Å². The first-order chi connectivity index (χ1) is 9.06. The van der Waals surface area contributed by atoms with E-state index in [0.717, 1.165) is 10.6 Å². The van der Waals surface area contributed by atoms with Gasteiger partial charge in [0.1, 0.15) is 0 Å². The van der Waals surface area contributed by atoms with Crippen LogP contribution in [0.3, 0.4) is 0 Å². The molecule has 0 atom stereocenters. The summed E-state index contributed by atoms with van der Waals surface area (Å²) in [5.41, 5.74) is 6.68. The molecule has 6 heteroatoms. The van der Waals surface area contributed by atoms with Crippen LogP contribution in [0.4, 0.5) is 5.69 Å². The van der Waals surface area contributed by atoms with Gasteiger partial charge in [0, 0.05) is 28.1 Å². The Bertz CT molecular complexity index is 622. The minimum Gasteiger partial charge on any atom is -0.478 e. The van der Waals surface area contributed by atoms with Crippen LogP contribution in [0.2, 0.25) is 0 Å². The summed E-state index contributed by atoms with van der Waals surface area (Å²) in [4.78, 5) is 22.7. The average molecular weight is 276 g/mol. The number of benzene rings is 1. The van der Waals surface area contributed by atoms with Crippen LogP contribution in [0, 0.1) is 0 Å². The summed E-state index contributed by atoms with van der Waals surface area (Å²) in [6, 6.07) is 8.48. The molecule has 19 heavy (non-hydrogen) atoms. The van der Waals surface area contributed by atoms with E-state index in [1.807, 2.05) is 6.07 Å². The summed E-state index contributed by atoms with van der Waals surface area (Å²) >= 11 is 1.37. The Hall–Kier alpha value is -2.34. The molecule has 4 N–H and O–H groups in total. The van der Waals surface area contributed by atoms with Crippen molar-refractivity contribution in [2.75, 3.05) is 5.32 Å². The van der Waals surface area contributed by atoms with Crippen LogP contribution in [0.25, 0.3) is 0 Å². The van der Waals surface area contributed by atoms with Crippen LogP contribution >= 0.6 is 11.3 Å². The summed E-state index contributed by atoms with van der Waals surface area (Å²) in [7, 11) is 0. The number of carbonyl (C=O) groups is 2. The Morgan fingerprint density at radius 3 is 2.68 bits per heavy atom. The van der Waals surface area contributed by atoms with E-state index in [-0.39, 0.29) is 5.56 Å². The quantitative estimate of drug-likeness (QED) is 0.780. The monoisotopic (exact) mass is 276 g/mol. The molecule has 1 aromatic heterocycles. The van der Waals surface area contributed by atoms with Crippen LogP contribution in [0.1, 0.15) is 25.6 Å². The van der Waals surface area contributed by atoms with Crippen LogP contribution in [-0.4, -0.2) is 17.0 Å². The number of hydrogen-bond acceptors (Lipinski definition) is 4. The number of aromatic carboxylic acids is 1. The van der Waals surface area contributed by atoms with E-state index >= 15 is 0 Å². The van der Waals surface area contributed by atoms with Gasteiger partial charge in [-0.2, -0.15) is 0 Å². The molecule has 0 aliphatic carbocycles. The summed E-state index contributed by atoms with van der Waals surface area (Å²) in [5.74, 6) is -1.41. The van der Waals surface area contributed by atoms with E-state index < -0.39 is 11.9 Å². The summed E-state index contributed by atoms with van der Waals surface area (Å²) in [6.45, 7) is 0.500. The van der Waals surface area contributed by atoms with Crippen molar-refractivity contribution in [3.63, 3.8) is 0 Å². The Balaban J connectivity index is 2.03. The molecule has 0 saturated heterocycles. The van der Waals surface area contributed by atoms with Gasteiger partial charge in [0.2, 0.25) is 5.91 Å². The highest BCUT2D eigenvalue weighted by Crippen LogP contribution is 2.17. The van der Waals surface area contributed by atoms with Crippen molar-refractivity contribution in [3.05, 3.63) is 51.7 Å². The zero-order valence-electron chi connectivity index (χ0n) is 9.92. The summed E-state index contributed by atoms with van der Waals surface area (Å²) in [6.07, 6.45) is 0. The average Bonchev–Trinajstić information content (AvgIpc) is 2.85. The molecular weight excluding hydrogens is 264 g/mol. The first-order valence-electron chi connectivity index (χ1n) is 5.50. The number of carboxylic acid groups (broad SMARTS) is 1. The first-order valence-corrected chi connectivity index (χ1v) is 6.38. The number of primary amides is 1. The van der Waals surface area contributed by atoms with Crippen molar-refractivity contribution in [2.24, 2.45) is 5.73 Å². The predicted molar refractivity (Wildman–Crippen MR) is 73.6 cm³/mol. The fourth-order valence-corrected chi connectivity index (χ4v) is 2.35. The molecule has 1 aromatic carbocycles. The van der Waals surface area contributed by atoms with E-state index in [1.54, 1.807) is 29.6 Å². The van der Waals surface area contributed by atoms with Crippen molar-refractivity contribution in [1.29, 1.82) is 0 Å². The zero-order chi connectivity index (χ0) is 13.8. The standard InChI is InChI=1S/C13H12N2O3S/c14-12(16)8-2-1-3-10(4-8)15-6-11-5-9(7-19-11)13(17)18/h1-5,7,15H,6H2,(H2,14,16)(H,17,18). The lowest BCUT2D eigenvalue weighted by molar-refractivity contribution is 0.0697. The van der Waals surface area contributed by atoms with Crippen LogP contribution in [0.5, 0.6) is 0 Å². The number of hydrogen-bond donors (Lipinski definition) is 3. The van der Waals surface area contributed by atoms with Crippen LogP contribution in [-0.2, 0) is 6.54 Å². The molecule has 0 radical (unpaired) electrons. The molecule has 0 aliphatic rings. The molecule has 1 amide bonds. The Labute approximate surface area is 113 Å².